The molecule has 5 heteroatoms. The van der Waals surface area contributed by atoms with Gasteiger partial charge in [-0.2, -0.15) is 0 Å². The van der Waals surface area contributed by atoms with Crippen molar-refractivity contribution in [1.82, 2.24) is 0 Å². The normalized spacial score (nSPS) is 10.0. The van der Waals surface area contributed by atoms with Crippen LogP contribution in [-0.4, -0.2) is 30.0 Å². The first-order chi connectivity index (χ1) is 9.11. The largest absolute Gasteiger partial charge is 0.465 e. The molecule has 1 N–H and O–H groups in total. The summed E-state index contributed by atoms with van der Waals surface area (Å²) in [6.45, 7) is 4.35. The number of hydrogen-bond donors (Lipinski definition) is 1. The molecule has 0 aromatic heterocycles. The minimum Gasteiger partial charge on any atom is -0.465 e. The Hall–Kier alpha value is -1.49. The second-order valence-electron chi connectivity index (χ2n) is 4.13. The van der Waals surface area contributed by atoms with Crippen LogP contribution in [0.25, 0.3) is 0 Å². The Bertz CT molecular complexity index is 434. The third-order valence-electron chi connectivity index (χ3n) is 2.22. The van der Waals surface area contributed by atoms with Crippen LogP contribution in [0.4, 0.5) is 5.69 Å². The van der Waals surface area contributed by atoms with Gasteiger partial charge in [-0.05, 0) is 31.0 Å². The second kappa shape index (κ2) is 8.58. The van der Waals surface area contributed by atoms with Crippen LogP contribution in [0.15, 0.2) is 24.3 Å². The third-order valence-corrected chi connectivity index (χ3v) is 3.13. The maximum absolute atomic E-state index is 11.6. The van der Waals surface area contributed by atoms with Crippen LogP contribution in [0, 0.1) is 6.92 Å². The molecule has 0 aliphatic heterocycles. The molecule has 0 saturated carbocycles. The molecule has 0 aliphatic rings. The number of carbonyl (C=O) groups is 2. The lowest BCUT2D eigenvalue weighted by Crippen LogP contribution is -2.16. The molecule has 0 unspecified atom stereocenters. The van der Waals surface area contributed by atoms with Crippen molar-refractivity contribution in [3.63, 3.8) is 0 Å². The average molecular weight is 281 g/mol. The Morgan fingerprint density at radius 1 is 1.32 bits per heavy atom. The summed E-state index contributed by atoms with van der Waals surface area (Å²) in [5.74, 6) is 0.0743. The molecule has 0 aliphatic carbocycles. The molecule has 0 radical (unpaired) electrons. The van der Waals surface area contributed by atoms with Gasteiger partial charge in [0.05, 0.1) is 18.1 Å². The number of nitrogens with one attached hydrogen (secondary N) is 1. The van der Waals surface area contributed by atoms with Gasteiger partial charge in [-0.1, -0.05) is 19.1 Å². The molecular weight excluding hydrogens is 262 g/mol. The summed E-state index contributed by atoms with van der Waals surface area (Å²) in [5, 5.41) is 2.79. The number of anilines is 1. The molecule has 4 nitrogen and oxygen atoms in total. The lowest BCUT2D eigenvalue weighted by molar-refractivity contribution is -0.140. The zero-order chi connectivity index (χ0) is 14.1. The van der Waals surface area contributed by atoms with Crippen molar-refractivity contribution in [2.24, 2.45) is 0 Å². The Labute approximate surface area is 117 Å². The number of hydrogen-bond acceptors (Lipinski definition) is 4. The average Bonchev–Trinajstić information content (AvgIpc) is 2.36. The van der Waals surface area contributed by atoms with E-state index >= 15 is 0 Å². The molecule has 104 valence electrons. The molecule has 1 rings (SSSR count). The number of aryl methyl sites for hydroxylation is 1. The SMILES string of the molecule is CCCOC(=O)CSCC(=O)Nc1cccc(C)c1. The van der Waals surface area contributed by atoms with Gasteiger partial charge < -0.3 is 10.1 Å². The molecule has 0 atom stereocenters. The van der Waals surface area contributed by atoms with E-state index in [0.29, 0.717) is 6.61 Å². The van der Waals surface area contributed by atoms with E-state index in [1.165, 1.54) is 11.8 Å². The first-order valence-electron chi connectivity index (χ1n) is 6.21. The molecule has 0 fully saturated rings. The highest BCUT2D eigenvalue weighted by Crippen LogP contribution is 2.10. The number of esters is 1. The molecule has 0 saturated heterocycles. The zero-order valence-electron chi connectivity index (χ0n) is 11.3. The quantitative estimate of drug-likeness (QED) is 0.781. The van der Waals surface area contributed by atoms with Crippen molar-refractivity contribution in [3.8, 4) is 0 Å². The Kier molecular flexibility index (Phi) is 7.03. The Balaban J connectivity index is 2.23. The summed E-state index contributed by atoms with van der Waals surface area (Å²) in [4.78, 5) is 22.8. The van der Waals surface area contributed by atoms with Gasteiger partial charge >= 0.3 is 5.97 Å². The zero-order valence-corrected chi connectivity index (χ0v) is 12.1. The van der Waals surface area contributed by atoms with Gasteiger partial charge in [0.15, 0.2) is 0 Å². The fraction of sp³-hybridized carbons (Fsp3) is 0.429. The Morgan fingerprint density at radius 2 is 2.11 bits per heavy atom. The molecule has 1 amide bonds. The summed E-state index contributed by atoms with van der Waals surface area (Å²) < 4.78 is 4.92. The number of amides is 1. The van der Waals surface area contributed by atoms with Gasteiger partial charge in [-0.25, -0.2) is 0 Å². The van der Waals surface area contributed by atoms with E-state index in [0.717, 1.165) is 17.7 Å². The van der Waals surface area contributed by atoms with Crippen molar-refractivity contribution in [2.45, 2.75) is 20.3 Å². The van der Waals surface area contributed by atoms with E-state index in [2.05, 4.69) is 5.32 Å². The van der Waals surface area contributed by atoms with E-state index in [-0.39, 0.29) is 23.4 Å². The van der Waals surface area contributed by atoms with Crippen LogP contribution in [0.5, 0.6) is 0 Å². The number of benzene rings is 1. The molecule has 19 heavy (non-hydrogen) atoms. The minimum atomic E-state index is -0.268. The first kappa shape index (κ1) is 15.6. The molecule has 1 aromatic rings. The maximum Gasteiger partial charge on any atom is 0.315 e. The number of carbonyl (C=O) groups excluding carboxylic acids is 2. The summed E-state index contributed by atoms with van der Waals surface area (Å²) in [5.41, 5.74) is 1.87. The minimum absolute atomic E-state index is 0.112. The van der Waals surface area contributed by atoms with E-state index in [1.54, 1.807) is 0 Å². The van der Waals surface area contributed by atoms with Crippen LogP contribution in [0.2, 0.25) is 0 Å². The van der Waals surface area contributed by atoms with E-state index < -0.39 is 0 Å². The molecule has 0 spiro atoms. The lowest BCUT2D eigenvalue weighted by atomic mass is 10.2. The van der Waals surface area contributed by atoms with Crippen LogP contribution >= 0.6 is 11.8 Å². The fourth-order valence-electron chi connectivity index (χ4n) is 1.40. The predicted octanol–water partition coefficient (Wildman–Crippen LogP) is 2.62. The lowest BCUT2D eigenvalue weighted by Gasteiger charge is -2.06. The van der Waals surface area contributed by atoms with Crippen LogP contribution in [0.1, 0.15) is 18.9 Å². The second-order valence-corrected chi connectivity index (χ2v) is 5.12. The van der Waals surface area contributed by atoms with Gasteiger partial charge in [-0.3, -0.25) is 9.59 Å². The van der Waals surface area contributed by atoms with Crippen molar-refractivity contribution in [2.75, 3.05) is 23.4 Å². The Morgan fingerprint density at radius 3 is 2.79 bits per heavy atom. The van der Waals surface area contributed by atoms with Gasteiger partial charge in [0.1, 0.15) is 0 Å². The van der Waals surface area contributed by atoms with Gasteiger partial charge in [0.2, 0.25) is 5.91 Å². The first-order valence-corrected chi connectivity index (χ1v) is 7.37. The van der Waals surface area contributed by atoms with Gasteiger partial charge in [0, 0.05) is 5.69 Å². The van der Waals surface area contributed by atoms with Crippen LogP contribution < -0.4 is 5.32 Å². The summed E-state index contributed by atoms with van der Waals surface area (Å²) in [6.07, 6.45) is 0.810. The van der Waals surface area contributed by atoms with Crippen molar-refractivity contribution >= 4 is 29.3 Å². The smallest absolute Gasteiger partial charge is 0.315 e. The standard InChI is InChI=1S/C14H19NO3S/c1-3-7-18-14(17)10-19-9-13(16)15-12-6-4-5-11(2)8-12/h4-6,8H,3,7,9-10H2,1-2H3,(H,15,16). The molecular formula is C14H19NO3S. The van der Waals surface area contributed by atoms with Gasteiger partial charge in [0.25, 0.3) is 0 Å². The summed E-state index contributed by atoms with van der Waals surface area (Å²) >= 11 is 1.26. The molecule has 0 bridgehead atoms. The van der Waals surface area contributed by atoms with E-state index in [9.17, 15) is 9.59 Å². The van der Waals surface area contributed by atoms with Crippen LogP contribution in [-0.2, 0) is 14.3 Å². The highest BCUT2D eigenvalue weighted by Gasteiger charge is 2.06. The number of rotatable bonds is 7. The molecule has 1 aromatic carbocycles. The van der Waals surface area contributed by atoms with Crippen molar-refractivity contribution in [1.29, 1.82) is 0 Å². The monoisotopic (exact) mass is 281 g/mol. The highest BCUT2D eigenvalue weighted by molar-refractivity contribution is 8.00. The van der Waals surface area contributed by atoms with Crippen molar-refractivity contribution < 1.29 is 14.3 Å². The molecule has 0 heterocycles. The summed E-state index contributed by atoms with van der Waals surface area (Å²) in [7, 11) is 0. The predicted molar refractivity (Wildman–Crippen MR) is 78.4 cm³/mol. The third kappa shape index (κ3) is 6.86. The van der Waals surface area contributed by atoms with E-state index in [1.807, 2.05) is 38.1 Å². The van der Waals surface area contributed by atoms with Crippen molar-refractivity contribution in [3.05, 3.63) is 29.8 Å². The van der Waals surface area contributed by atoms with Gasteiger partial charge in [-0.15, -0.1) is 11.8 Å². The highest BCUT2D eigenvalue weighted by atomic mass is 32.2. The van der Waals surface area contributed by atoms with E-state index in [4.69, 9.17) is 4.74 Å². The number of thioether (sulfide) groups is 1. The number of ether oxygens (including phenoxy) is 1. The van der Waals surface area contributed by atoms with Crippen LogP contribution in [0.3, 0.4) is 0 Å². The fourth-order valence-corrected chi connectivity index (χ4v) is 2.01. The topological polar surface area (TPSA) is 55.4 Å². The maximum atomic E-state index is 11.6. The summed E-state index contributed by atoms with van der Waals surface area (Å²) in [6, 6.07) is 7.59.